The zero-order valence-corrected chi connectivity index (χ0v) is 70.7. The van der Waals surface area contributed by atoms with Crippen LogP contribution in [0.5, 0.6) is 0 Å². The fourth-order valence-corrected chi connectivity index (χ4v) is 16.0. The van der Waals surface area contributed by atoms with Gasteiger partial charge in [0.25, 0.3) is 0 Å². The average Bonchev–Trinajstić information content (AvgIpc) is 0.780. The van der Waals surface area contributed by atoms with Gasteiger partial charge in [-0.3, -0.25) is 4.79 Å². The van der Waals surface area contributed by atoms with Crippen LogP contribution in [0.2, 0.25) is 0 Å². The number of ether oxygens (including phenoxy) is 6. The molecule has 0 aliphatic carbocycles. The lowest BCUT2D eigenvalue weighted by atomic mass is 9.96. The molecule has 3 aliphatic heterocycles. The highest BCUT2D eigenvalue weighted by Crippen LogP contribution is 2.34. The highest BCUT2D eigenvalue weighted by molar-refractivity contribution is 5.76. The van der Waals surface area contributed by atoms with Crippen molar-refractivity contribution >= 4 is 5.91 Å². The number of amides is 1. The third kappa shape index (κ3) is 50.5. The van der Waals surface area contributed by atoms with Crippen molar-refractivity contribution in [3.05, 3.63) is 36.5 Å². The fourth-order valence-electron chi connectivity index (χ4n) is 16.0. The zero-order chi connectivity index (χ0) is 80.3. The molecular formula is C92H173NO18. The first-order valence-electron chi connectivity index (χ1n) is 46.7. The summed E-state index contributed by atoms with van der Waals surface area (Å²) in [5.74, 6) is -0.276. The number of allylic oxidation sites excluding steroid dienone is 5. The number of carbonyl (C=O) groups is 1. The maximum absolute atomic E-state index is 13.5. The molecule has 12 N–H and O–H groups in total. The summed E-state index contributed by atoms with van der Waals surface area (Å²) in [4.78, 5) is 13.5. The highest BCUT2D eigenvalue weighted by atomic mass is 16.8. The Morgan fingerprint density at radius 1 is 0.315 bits per heavy atom. The van der Waals surface area contributed by atoms with Gasteiger partial charge in [-0.2, -0.15) is 0 Å². The zero-order valence-electron chi connectivity index (χ0n) is 70.7. The number of hydrogen-bond acceptors (Lipinski definition) is 18. The molecule has 0 radical (unpaired) electrons. The molecule has 3 saturated heterocycles. The predicted molar refractivity (Wildman–Crippen MR) is 448 cm³/mol. The van der Waals surface area contributed by atoms with E-state index in [1.165, 1.54) is 340 Å². The van der Waals surface area contributed by atoms with E-state index in [9.17, 15) is 61.0 Å². The lowest BCUT2D eigenvalue weighted by Gasteiger charge is -2.48. The lowest BCUT2D eigenvalue weighted by Crippen LogP contribution is -2.66. The summed E-state index contributed by atoms with van der Waals surface area (Å²) >= 11 is 0. The molecule has 0 bridgehead atoms. The van der Waals surface area contributed by atoms with E-state index in [2.05, 4.69) is 43.5 Å². The molecule has 0 aromatic rings. The first kappa shape index (κ1) is 103. The molecule has 3 fully saturated rings. The van der Waals surface area contributed by atoms with Crippen LogP contribution in [0.25, 0.3) is 0 Å². The van der Waals surface area contributed by atoms with Crippen molar-refractivity contribution in [1.82, 2.24) is 5.32 Å². The predicted octanol–water partition coefficient (Wildman–Crippen LogP) is 18.2. The van der Waals surface area contributed by atoms with Gasteiger partial charge in [-0.1, -0.05) is 384 Å². The van der Waals surface area contributed by atoms with E-state index < -0.39 is 124 Å². The summed E-state index contributed by atoms with van der Waals surface area (Å²) in [6.45, 7) is 1.79. The van der Waals surface area contributed by atoms with Gasteiger partial charge in [0.15, 0.2) is 18.9 Å². The van der Waals surface area contributed by atoms with E-state index in [4.69, 9.17) is 28.4 Å². The number of aliphatic hydroxyl groups is 11. The Bertz CT molecular complexity index is 2140. The molecule has 17 unspecified atom stereocenters. The number of carbonyl (C=O) groups excluding carboxylic acids is 1. The number of unbranched alkanes of at least 4 members (excludes halogenated alkanes) is 57. The first-order chi connectivity index (χ1) is 54.3. The number of aliphatic hydroxyl groups excluding tert-OH is 11. The van der Waals surface area contributed by atoms with Crippen LogP contribution >= 0.6 is 0 Å². The molecule has 0 aromatic heterocycles. The Hall–Kier alpha value is -1.99. The maximum Gasteiger partial charge on any atom is 0.220 e. The smallest absolute Gasteiger partial charge is 0.220 e. The minimum atomic E-state index is -1.98. The molecular weight excluding hydrogens is 1410 g/mol. The van der Waals surface area contributed by atoms with Gasteiger partial charge in [-0.05, 0) is 57.8 Å². The summed E-state index contributed by atoms with van der Waals surface area (Å²) in [6.07, 6.45) is 66.1. The number of rotatable bonds is 77. The van der Waals surface area contributed by atoms with Gasteiger partial charge in [0.1, 0.15) is 73.2 Å². The van der Waals surface area contributed by atoms with Crippen LogP contribution in [0.15, 0.2) is 36.5 Å². The van der Waals surface area contributed by atoms with Crippen molar-refractivity contribution in [1.29, 1.82) is 0 Å². The SMILES string of the molecule is CCCCCCCCCC/C=C\CCCCCCCCCCCCCCCCCCCCCCCCCCCCCCCC(=O)NC(COC1OC(CO)C(OC2OC(CO)C(OC3OC(CO)C(O)C(O)C3O)C(O)C2O)C(O)C1O)C(O)/C=C/CC/C=C/CCCCCCCCCCCCCCCCCCCCC. The minimum Gasteiger partial charge on any atom is -0.394 e. The van der Waals surface area contributed by atoms with E-state index in [-0.39, 0.29) is 18.9 Å². The van der Waals surface area contributed by atoms with E-state index in [1.54, 1.807) is 6.08 Å². The standard InChI is InChI=1S/C92H173NO18/c1-3-5-7-9-11-13-15-17-19-21-23-25-27-29-30-31-32-33-34-35-36-37-38-39-40-41-42-43-44-46-48-50-52-54-56-58-60-62-64-66-68-70-80(98)93-75(76(97)69-67-65-63-61-59-57-55-53-51-49-47-45-28-26-24-22-20-18-16-14-12-10-8-6-4-2)74-106-90-86(104)83(101)88(78(72-95)108-90)111-92-87(105)84(102)89(79(73-96)109-92)110-91-85(103)82(100)81(99)77(71-94)107-91/h21,23,59,61,67,69,75-79,81-92,94-97,99-105H,3-20,22,24-58,60,62-66,68,70-74H2,1-2H3,(H,93,98)/b23-21-,61-59+,69-67+. The molecule has 3 heterocycles. The fraction of sp³-hybridized carbons (Fsp3) is 0.924. The second kappa shape index (κ2) is 72.1. The third-order valence-electron chi connectivity index (χ3n) is 23.4. The Morgan fingerprint density at radius 3 is 0.901 bits per heavy atom. The number of hydrogen-bond donors (Lipinski definition) is 12. The normalized spacial score (nSPS) is 25.1. The van der Waals surface area contributed by atoms with E-state index >= 15 is 0 Å². The van der Waals surface area contributed by atoms with E-state index in [1.807, 2.05) is 6.08 Å². The van der Waals surface area contributed by atoms with Crippen LogP contribution in [0.1, 0.15) is 412 Å². The molecule has 17 atom stereocenters. The van der Waals surface area contributed by atoms with Crippen LogP contribution in [0, 0.1) is 0 Å². The monoisotopic (exact) mass is 1580 g/mol. The van der Waals surface area contributed by atoms with Gasteiger partial charge in [-0.15, -0.1) is 0 Å². The Kier molecular flexibility index (Phi) is 67.0. The van der Waals surface area contributed by atoms with Gasteiger partial charge in [0.05, 0.1) is 38.6 Å². The van der Waals surface area contributed by atoms with Gasteiger partial charge in [-0.25, -0.2) is 0 Å². The van der Waals surface area contributed by atoms with E-state index in [0.29, 0.717) is 12.8 Å². The Morgan fingerprint density at radius 2 is 0.577 bits per heavy atom. The molecule has 3 aliphatic rings. The Balaban J connectivity index is 1.29. The average molecular weight is 1580 g/mol. The number of nitrogens with one attached hydrogen (secondary N) is 1. The van der Waals surface area contributed by atoms with E-state index in [0.717, 1.165) is 38.5 Å². The molecule has 111 heavy (non-hydrogen) atoms. The van der Waals surface area contributed by atoms with Crippen molar-refractivity contribution in [2.24, 2.45) is 0 Å². The summed E-state index contributed by atoms with van der Waals surface area (Å²) in [5.41, 5.74) is 0. The third-order valence-corrected chi connectivity index (χ3v) is 23.4. The summed E-state index contributed by atoms with van der Waals surface area (Å²) in [6, 6.07) is -0.990. The van der Waals surface area contributed by atoms with Crippen molar-refractivity contribution in [3.63, 3.8) is 0 Å². The van der Waals surface area contributed by atoms with Crippen LogP contribution in [-0.2, 0) is 33.2 Å². The lowest BCUT2D eigenvalue weighted by molar-refractivity contribution is -0.379. The molecule has 19 nitrogen and oxygen atoms in total. The molecule has 654 valence electrons. The topological polar surface area (TPSA) is 307 Å². The van der Waals surface area contributed by atoms with Crippen molar-refractivity contribution < 1.29 is 89.4 Å². The van der Waals surface area contributed by atoms with Crippen molar-refractivity contribution in [3.8, 4) is 0 Å². The van der Waals surface area contributed by atoms with Gasteiger partial charge in [0, 0.05) is 6.42 Å². The van der Waals surface area contributed by atoms with Crippen LogP contribution in [-0.4, -0.2) is 193 Å². The molecule has 3 rings (SSSR count). The molecule has 1 amide bonds. The second-order valence-electron chi connectivity index (χ2n) is 33.5. The van der Waals surface area contributed by atoms with Crippen molar-refractivity contribution in [2.45, 2.75) is 516 Å². The molecule has 0 aromatic carbocycles. The molecule has 0 saturated carbocycles. The van der Waals surface area contributed by atoms with Gasteiger partial charge < -0.3 is 89.9 Å². The Labute approximate surface area is 676 Å². The second-order valence-corrected chi connectivity index (χ2v) is 33.5. The summed E-state index contributed by atoms with van der Waals surface area (Å²) < 4.78 is 34.5. The minimum absolute atomic E-state index is 0.241. The van der Waals surface area contributed by atoms with Crippen LogP contribution in [0.4, 0.5) is 0 Å². The van der Waals surface area contributed by atoms with Gasteiger partial charge >= 0.3 is 0 Å². The maximum atomic E-state index is 13.5. The highest BCUT2D eigenvalue weighted by Gasteiger charge is 2.54. The summed E-state index contributed by atoms with van der Waals surface area (Å²) in [5, 5.41) is 121. The van der Waals surface area contributed by atoms with Crippen LogP contribution < -0.4 is 5.32 Å². The largest absolute Gasteiger partial charge is 0.394 e. The van der Waals surface area contributed by atoms with Gasteiger partial charge in [0.2, 0.25) is 5.91 Å². The molecule has 19 heteroatoms. The summed E-state index contributed by atoms with van der Waals surface area (Å²) in [7, 11) is 0. The van der Waals surface area contributed by atoms with Crippen LogP contribution in [0.3, 0.4) is 0 Å². The quantitative estimate of drug-likeness (QED) is 0.0199. The van der Waals surface area contributed by atoms with Crippen molar-refractivity contribution in [2.75, 3.05) is 26.4 Å². The first-order valence-corrected chi connectivity index (χ1v) is 46.7. The molecule has 0 spiro atoms.